The molecule has 2 rings (SSSR count). The molecule has 5 nitrogen and oxygen atoms in total. The smallest absolute Gasteiger partial charge is 0.225 e. The Morgan fingerprint density at radius 2 is 1.93 bits per heavy atom. The minimum atomic E-state index is -1.08. The van der Waals surface area contributed by atoms with Crippen LogP contribution in [0.3, 0.4) is 0 Å². The van der Waals surface area contributed by atoms with Gasteiger partial charge in [-0.2, -0.15) is 0 Å². The Morgan fingerprint density at radius 3 is 2.52 bits per heavy atom. The van der Waals surface area contributed by atoms with E-state index in [-0.39, 0.29) is 24.3 Å². The van der Waals surface area contributed by atoms with Crippen molar-refractivity contribution in [3.8, 4) is 0 Å². The van der Waals surface area contributed by atoms with Gasteiger partial charge in [0.2, 0.25) is 11.8 Å². The number of aliphatic hydroxyl groups is 1. The summed E-state index contributed by atoms with van der Waals surface area (Å²) in [4.78, 5) is 26.5. The van der Waals surface area contributed by atoms with Gasteiger partial charge in [0.05, 0.1) is 11.5 Å². The fraction of sp³-hybridized carbons (Fsp3) is 0.429. The van der Waals surface area contributed by atoms with Gasteiger partial charge >= 0.3 is 0 Å². The topological polar surface area (TPSA) is 69.6 Å². The van der Waals surface area contributed by atoms with Crippen LogP contribution in [0.25, 0.3) is 0 Å². The van der Waals surface area contributed by atoms with Crippen LogP contribution in [0.1, 0.15) is 31.2 Å². The van der Waals surface area contributed by atoms with Crippen molar-refractivity contribution in [2.24, 2.45) is 5.92 Å². The van der Waals surface area contributed by atoms with E-state index < -0.39 is 5.60 Å². The van der Waals surface area contributed by atoms with Gasteiger partial charge in [0.1, 0.15) is 0 Å². The van der Waals surface area contributed by atoms with E-state index >= 15 is 0 Å². The number of rotatable bonds is 9. The first kappa shape index (κ1) is 21.2. The van der Waals surface area contributed by atoms with Crippen molar-refractivity contribution < 1.29 is 14.7 Å². The summed E-state index contributed by atoms with van der Waals surface area (Å²) in [7, 11) is 0. The number of amides is 2. The molecular weight excluding hydrogens is 364 g/mol. The van der Waals surface area contributed by atoms with Crippen LogP contribution in [0.2, 0.25) is 5.02 Å². The summed E-state index contributed by atoms with van der Waals surface area (Å²) in [5.41, 5.74) is -0.104. The number of likely N-dealkylation sites (tertiary alicyclic amines) is 1. The Kier molecular flexibility index (Phi) is 7.63. The molecule has 0 bridgehead atoms. The first-order chi connectivity index (χ1) is 12.9. The molecule has 0 spiro atoms. The molecule has 0 aromatic heterocycles. The maximum atomic E-state index is 12.6. The zero-order chi connectivity index (χ0) is 19.9. The third-order valence-electron chi connectivity index (χ3n) is 4.80. The lowest BCUT2D eigenvalue weighted by molar-refractivity contribution is -0.139. The second-order valence-corrected chi connectivity index (χ2v) is 7.50. The quantitative estimate of drug-likeness (QED) is 0.636. The fourth-order valence-electron chi connectivity index (χ4n) is 3.25. The molecule has 6 heteroatoms. The Morgan fingerprint density at radius 1 is 1.30 bits per heavy atom. The molecule has 2 amide bonds. The van der Waals surface area contributed by atoms with Gasteiger partial charge < -0.3 is 15.3 Å². The van der Waals surface area contributed by atoms with Crippen molar-refractivity contribution >= 4 is 23.4 Å². The molecule has 1 aliphatic heterocycles. The SMILES string of the molecule is C=CCC(O)(CC=C)CNC(=O)C1CCC(=O)N(Cc2ccc(Cl)cc2)C1. The summed E-state index contributed by atoms with van der Waals surface area (Å²) in [5, 5.41) is 14.0. The van der Waals surface area contributed by atoms with Crippen LogP contribution in [0.15, 0.2) is 49.6 Å². The number of halogens is 1. The summed E-state index contributed by atoms with van der Waals surface area (Å²) in [6.07, 6.45) is 4.85. The number of carbonyl (C=O) groups is 2. The molecule has 1 saturated heterocycles. The van der Waals surface area contributed by atoms with Crippen LogP contribution >= 0.6 is 11.6 Å². The van der Waals surface area contributed by atoms with Crippen molar-refractivity contribution in [1.82, 2.24) is 10.2 Å². The number of carbonyl (C=O) groups excluding carboxylic acids is 2. The molecule has 1 fully saturated rings. The van der Waals surface area contributed by atoms with Crippen molar-refractivity contribution in [2.45, 2.75) is 37.8 Å². The molecule has 1 heterocycles. The summed E-state index contributed by atoms with van der Waals surface area (Å²) in [6.45, 7) is 8.25. The van der Waals surface area contributed by atoms with Gasteiger partial charge in [-0.3, -0.25) is 9.59 Å². The Bertz CT molecular complexity index is 677. The first-order valence-electron chi connectivity index (χ1n) is 9.11. The Labute approximate surface area is 165 Å². The maximum Gasteiger partial charge on any atom is 0.225 e. The van der Waals surface area contributed by atoms with Crippen molar-refractivity contribution in [3.05, 3.63) is 60.2 Å². The van der Waals surface area contributed by atoms with Crippen LogP contribution in [-0.2, 0) is 16.1 Å². The van der Waals surface area contributed by atoms with Crippen molar-refractivity contribution in [2.75, 3.05) is 13.1 Å². The van der Waals surface area contributed by atoms with E-state index in [2.05, 4.69) is 18.5 Å². The van der Waals surface area contributed by atoms with E-state index in [1.807, 2.05) is 12.1 Å². The molecular formula is C21H27ClN2O3. The van der Waals surface area contributed by atoms with E-state index in [0.717, 1.165) is 5.56 Å². The number of hydrogen-bond acceptors (Lipinski definition) is 3. The number of nitrogens with zero attached hydrogens (tertiary/aromatic N) is 1. The molecule has 146 valence electrons. The van der Waals surface area contributed by atoms with Crippen molar-refractivity contribution in [1.29, 1.82) is 0 Å². The molecule has 1 aromatic carbocycles. The molecule has 1 aliphatic rings. The number of nitrogens with one attached hydrogen (secondary N) is 1. The molecule has 1 unspecified atom stereocenters. The summed E-state index contributed by atoms with van der Waals surface area (Å²) >= 11 is 5.90. The molecule has 0 aliphatic carbocycles. The molecule has 2 N–H and O–H groups in total. The van der Waals surface area contributed by atoms with Gasteiger partial charge in [0.15, 0.2) is 0 Å². The largest absolute Gasteiger partial charge is 0.387 e. The second kappa shape index (κ2) is 9.72. The van der Waals surface area contributed by atoms with Gasteiger partial charge in [-0.05, 0) is 37.0 Å². The van der Waals surface area contributed by atoms with Gasteiger partial charge in [-0.1, -0.05) is 35.9 Å². The molecule has 27 heavy (non-hydrogen) atoms. The summed E-state index contributed by atoms with van der Waals surface area (Å²) < 4.78 is 0. The lowest BCUT2D eigenvalue weighted by Gasteiger charge is -2.33. The van der Waals surface area contributed by atoms with E-state index in [9.17, 15) is 14.7 Å². The van der Waals surface area contributed by atoms with Crippen molar-refractivity contribution in [3.63, 3.8) is 0 Å². The highest BCUT2D eigenvalue weighted by Gasteiger charge is 2.32. The van der Waals surface area contributed by atoms with Crippen LogP contribution in [0.5, 0.6) is 0 Å². The normalized spacial score (nSPS) is 17.5. The lowest BCUT2D eigenvalue weighted by atomic mass is 9.93. The minimum Gasteiger partial charge on any atom is -0.387 e. The van der Waals surface area contributed by atoms with E-state index in [1.54, 1.807) is 29.2 Å². The van der Waals surface area contributed by atoms with Gasteiger partial charge in [-0.25, -0.2) is 0 Å². The number of hydrogen-bond donors (Lipinski definition) is 2. The number of benzene rings is 1. The molecule has 1 aromatic rings. The zero-order valence-electron chi connectivity index (χ0n) is 15.5. The van der Waals surface area contributed by atoms with Crippen LogP contribution in [0, 0.1) is 5.92 Å². The average Bonchev–Trinajstić information content (AvgIpc) is 2.64. The maximum absolute atomic E-state index is 12.6. The van der Waals surface area contributed by atoms with Gasteiger partial charge in [-0.15, -0.1) is 13.2 Å². The Hall–Kier alpha value is -2.11. The second-order valence-electron chi connectivity index (χ2n) is 7.06. The lowest BCUT2D eigenvalue weighted by Crippen LogP contribution is -2.49. The predicted molar refractivity (Wildman–Crippen MR) is 107 cm³/mol. The van der Waals surface area contributed by atoms with Gasteiger partial charge in [0.25, 0.3) is 0 Å². The first-order valence-corrected chi connectivity index (χ1v) is 9.49. The fourth-order valence-corrected chi connectivity index (χ4v) is 3.38. The van der Waals surface area contributed by atoms with Crippen LogP contribution in [0.4, 0.5) is 0 Å². The summed E-state index contributed by atoms with van der Waals surface area (Å²) in [6, 6.07) is 7.33. The van der Waals surface area contributed by atoms with Gasteiger partial charge in [0, 0.05) is 31.1 Å². The average molecular weight is 391 g/mol. The highest BCUT2D eigenvalue weighted by Crippen LogP contribution is 2.22. The monoisotopic (exact) mass is 390 g/mol. The molecule has 0 radical (unpaired) electrons. The van der Waals surface area contributed by atoms with E-state index in [4.69, 9.17) is 11.6 Å². The third kappa shape index (κ3) is 6.22. The van der Waals surface area contributed by atoms with Crippen LogP contribution < -0.4 is 5.32 Å². The van der Waals surface area contributed by atoms with E-state index in [1.165, 1.54) is 0 Å². The predicted octanol–water partition coefficient (Wildman–Crippen LogP) is 3.08. The highest BCUT2D eigenvalue weighted by molar-refractivity contribution is 6.30. The summed E-state index contributed by atoms with van der Waals surface area (Å²) in [5.74, 6) is -0.384. The molecule has 1 atom stereocenters. The zero-order valence-corrected chi connectivity index (χ0v) is 16.3. The third-order valence-corrected chi connectivity index (χ3v) is 5.05. The Balaban J connectivity index is 1.94. The number of piperidine rings is 1. The standard InChI is InChI=1S/C21H27ClN2O3/c1-3-11-21(27,12-4-2)15-23-20(26)17-7-10-19(25)24(14-17)13-16-5-8-18(22)9-6-16/h3-6,8-9,17,27H,1-2,7,10-15H2,(H,23,26). The highest BCUT2D eigenvalue weighted by atomic mass is 35.5. The van der Waals surface area contributed by atoms with Crippen LogP contribution in [-0.4, -0.2) is 40.5 Å². The van der Waals surface area contributed by atoms with E-state index in [0.29, 0.717) is 43.8 Å². The minimum absolute atomic E-state index is 0.0452. The molecule has 0 saturated carbocycles.